The summed E-state index contributed by atoms with van der Waals surface area (Å²) in [6.07, 6.45) is 1.65. The number of carbonyl (C=O) groups excluding carboxylic acids is 1. The Morgan fingerprint density at radius 3 is 2.60 bits per heavy atom. The number of hydrogen-bond donors (Lipinski definition) is 0. The Hall–Kier alpha value is -1.74. The number of nitrogens with zero attached hydrogens (tertiary/aromatic N) is 1. The second-order valence-electron chi connectivity index (χ2n) is 5.82. The fraction of sp³-hybridized carbons (Fsp3) is 0.353. The monoisotopic (exact) mass is 380 g/mol. The zero-order chi connectivity index (χ0) is 17.9. The molecule has 8 heteroatoms. The molecule has 0 N–H and O–H groups in total. The van der Waals surface area contributed by atoms with Crippen molar-refractivity contribution in [3.05, 3.63) is 52.2 Å². The average Bonchev–Trinajstić information content (AvgIpc) is 3.28. The topological polar surface area (TPSA) is 86.7 Å². The van der Waals surface area contributed by atoms with Gasteiger partial charge in [0.15, 0.2) is 0 Å². The molecule has 0 spiro atoms. The zero-order valence-electron chi connectivity index (χ0n) is 13.5. The summed E-state index contributed by atoms with van der Waals surface area (Å²) in [5, 5.41) is 12.8. The van der Waals surface area contributed by atoms with Crippen molar-refractivity contribution in [2.75, 3.05) is 13.2 Å². The zero-order valence-corrected chi connectivity index (χ0v) is 15.1. The fourth-order valence-corrected chi connectivity index (χ4v) is 5.00. The van der Waals surface area contributed by atoms with E-state index in [4.69, 9.17) is 4.74 Å². The van der Waals surface area contributed by atoms with Crippen LogP contribution in [0.4, 0.5) is 0 Å². The first-order chi connectivity index (χ1) is 12.0. The highest BCUT2D eigenvalue weighted by Crippen LogP contribution is 2.24. The molecule has 1 atom stereocenters. The summed E-state index contributed by atoms with van der Waals surface area (Å²) in [5.41, 5.74) is -0.0529. The number of benzene rings is 1. The average molecular weight is 380 g/mol. The van der Waals surface area contributed by atoms with E-state index in [2.05, 4.69) is 0 Å². The minimum Gasteiger partial charge on any atom is -0.545 e. The molecule has 2 aromatic rings. The van der Waals surface area contributed by atoms with Crippen LogP contribution in [0.2, 0.25) is 0 Å². The van der Waals surface area contributed by atoms with Crippen LogP contribution in [0.25, 0.3) is 0 Å². The van der Waals surface area contributed by atoms with Crippen LogP contribution in [0.3, 0.4) is 0 Å². The van der Waals surface area contributed by atoms with Crippen LogP contribution in [0.5, 0.6) is 0 Å². The SMILES string of the molecule is O=C([O-])c1ccc(S(=O)(=O)N(Cc2cccs2)C[C@H]2CCCO2)cc1. The lowest BCUT2D eigenvalue weighted by Gasteiger charge is -2.24. The fourth-order valence-electron chi connectivity index (χ4n) is 2.75. The molecule has 0 saturated carbocycles. The lowest BCUT2D eigenvalue weighted by atomic mass is 10.2. The Balaban J connectivity index is 1.87. The summed E-state index contributed by atoms with van der Waals surface area (Å²) < 4.78 is 33.1. The Morgan fingerprint density at radius 2 is 2.04 bits per heavy atom. The van der Waals surface area contributed by atoms with Crippen molar-refractivity contribution in [3.63, 3.8) is 0 Å². The molecule has 0 unspecified atom stereocenters. The normalized spacial score (nSPS) is 17.9. The van der Waals surface area contributed by atoms with Gasteiger partial charge in [0.25, 0.3) is 0 Å². The molecule has 0 aliphatic carbocycles. The molecule has 1 saturated heterocycles. The molecule has 25 heavy (non-hydrogen) atoms. The number of sulfonamides is 1. The lowest BCUT2D eigenvalue weighted by molar-refractivity contribution is -0.255. The van der Waals surface area contributed by atoms with Gasteiger partial charge in [-0.15, -0.1) is 11.3 Å². The molecule has 1 aromatic heterocycles. The molecule has 0 radical (unpaired) electrons. The predicted molar refractivity (Wildman–Crippen MR) is 91.7 cm³/mol. The van der Waals surface area contributed by atoms with E-state index >= 15 is 0 Å². The maximum absolute atomic E-state index is 13.0. The smallest absolute Gasteiger partial charge is 0.243 e. The molecule has 1 aromatic carbocycles. The van der Waals surface area contributed by atoms with Gasteiger partial charge in [-0.1, -0.05) is 18.2 Å². The number of hydrogen-bond acceptors (Lipinski definition) is 6. The minimum atomic E-state index is -3.76. The van der Waals surface area contributed by atoms with E-state index < -0.39 is 16.0 Å². The van der Waals surface area contributed by atoms with Gasteiger partial charge in [0.1, 0.15) is 0 Å². The van der Waals surface area contributed by atoms with Crippen molar-refractivity contribution in [2.24, 2.45) is 0 Å². The van der Waals surface area contributed by atoms with Crippen LogP contribution in [-0.4, -0.2) is 37.9 Å². The molecule has 134 valence electrons. The third kappa shape index (κ3) is 4.27. The molecule has 0 bridgehead atoms. The first kappa shape index (κ1) is 18.1. The van der Waals surface area contributed by atoms with Crippen molar-refractivity contribution < 1.29 is 23.1 Å². The van der Waals surface area contributed by atoms with E-state index in [0.717, 1.165) is 17.7 Å². The van der Waals surface area contributed by atoms with Crippen molar-refractivity contribution in [2.45, 2.75) is 30.4 Å². The standard InChI is InChI=1S/C17H19NO5S2/c19-17(20)13-5-7-16(8-6-13)25(21,22)18(11-14-3-1-9-23-14)12-15-4-2-10-24-15/h2,4-8,10,14H,1,3,9,11-12H2,(H,19,20)/p-1/t14-/m1/s1. The number of carbonyl (C=O) groups is 1. The van der Waals surface area contributed by atoms with Gasteiger partial charge in [-0.3, -0.25) is 0 Å². The summed E-state index contributed by atoms with van der Waals surface area (Å²) in [7, 11) is -3.76. The molecular weight excluding hydrogens is 362 g/mol. The Morgan fingerprint density at radius 1 is 1.28 bits per heavy atom. The van der Waals surface area contributed by atoms with Crippen LogP contribution >= 0.6 is 11.3 Å². The van der Waals surface area contributed by atoms with Crippen LogP contribution in [0.1, 0.15) is 28.1 Å². The van der Waals surface area contributed by atoms with Crippen molar-refractivity contribution in [1.82, 2.24) is 4.31 Å². The Kier molecular flexibility index (Phi) is 5.53. The molecule has 0 amide bonds. The van der Waals surface area contributed by atoms with E-state index in [1.54, 1.807) is 0 Å². The van der Waals surface area contributed by atoms with Crippen molar-refractivity contribution >= 4 is 27.3 Å². The summed E-state index contributed by atoms with van der Waals surface area (Å²) in [4.78, 5) is 11.9. The Bertz CT molecular complexity index is 809. The van der Waals surface area contributed by atoms with E-state index in [9.17, 15) is 18.3 Å². The Labute approximate surface area is 150 Å². The maximum atomic E-state index is 13.0. The van der Waals surface area contributed by atoms with E-state index in [1.807, 2.05) is 17.5 Å². The summed E-state index contributed by atoms with van der Waals surface area (Å²) in [6.45, 7) is 1.20. The number of carboxylic acids is 1. The first-order valence-electron chi connectivity index (χ1n) is 7.92. The maximum Gasteiger partial charge on any atom is 0.243 e. The number of aromatic carboxylic acids is 1. The molecule has 1 aliphatic heterocycles. The quantitative estimate of drug-likeness (QED) is 0.726. The van der Waals surface area contributed by atoms with E-state index in [-0.39, 0.29) is 29.7 Å². The molecule has 6 nitrogen and oxygen atoms in total. The highest BCUT2D eigenvalue weighted by atomic mass is 32.2. The van der Waals surface area contributed by atoms with Crippen molar-refractivity contribution in [3.8, 4) is 0 Å². The molecule has 2 heterocycles. The number of ether oxygens (including phenoxy) is 1. The van der Waals surface area contributed by atoms with Crippen LogP contribution in [0, 0.1) is 0 Å². The molecule has 3 rings (SSSR count). The first-order valence-corrected chi connectivity index (χ1v) is 10.2. The van der Waals surface area contributed by atoms with E-state index in [0.29, 0.717) is 6.61 Å². The lowest BCUT2D eigenvalue weighted by Crippen LogP contribution is -2.36. The molecule has 1 aliphatic rings. The highest BCUT2D eigenvalue weighted by molar-refractivity contribution is 7.89. The summed E-state index contributed by atoms with van der Waals surface area (Å²) in [6, 6.07) is 8.87. The van der Waals surface area contributed by atoms with Gasteiger partial charge < -0.3 is 14.6 Å². The van der Waals surface area contributed by atoms with Gasteiger partial charge in [0.2, 0.25) is 10.0 Å². The largest absolute Gasteiger partial charge is 0.545 e. The van der Waals surface area contributed by atoms with Crippen LogP contribution in [-0.2, 0) is 21.3 Å². The van der Waals surface area contributed by atoms with Gasteiger partial charge in [-0.25, -0.2) is 8.42 Å². The van der Waals surface area contributed by atoms with Gasteiger partial charge in [-0.2, -0.15) is 4.31 Å². The van der Waals surface area contributed by atoms with Gasteiger partial charge in [0.05, 0.1) is 17.0 Å². The third-order valence-electron chi connectivity index (χ3n) is 4.07. The summed E-state index contributed by atoms with van der Waals surface area (Å²) in [5.74, 6) is -1.33. The van der Waals surface area contributed by atoms with Gasteiger partial charge >= 0.3 is 0 Å². The predicted octanol–water partition coefficient (Wildman–Crippen LogP) is 1.48. The van der Waals surface area contributed by atoms with Gasteiger partial charge in [-0.05, 0) is 42.0 Å². The van der Waals surface area contributed by atoms with E-state index in [1.165, 1.54) is 39.9 Å². The van der Waals surface area contributed by atoms with Crippen molar-refractivity contribution in [1.29, 1.82) is 0 Å². The number of thiophene rings is 1. The van der Waals surface area contributed by atoms with Crippen LogP contribution in [0.15, 0.2) is 46.7 Å². The second kappa shape index (κ2) is 7.65. The minimum absolute atomic E-state index is 0.0529. The third-order valence-corrected chi connectivity index (χ3v) is 6.76. The summed E-state index contributed by atoms with van der Waals surface area (Å²) >= 11 is 1.49. The highest BCUT2D eigenvalue weighted by Gasteiger charge is 2.29. The molecular formula is C17H18NO5S2-. The molecule has 1 fully saturated rings. The number of rotatable bonds is 7. The second-order valence-corrected chi connectivity index (χ2v) is 8.79. The number of carboxylic acid groups (broad SMARTS) is 1. The van der Waals surface area contributed by atoms with Gasteiger partial charge in [0, 0.05) is 24.6 Å². The van der Waals surface area contributed by atoms with Crippen LogP contribution < -0.4 is 5.11 Å².